The number of nitrogens with zero attached hydrogens (tertiary/aromatic N) is 2. The van der Waals surface area contributed by atoms with Gasteiger partial charge in [0.05, 0.1) is 24.2 Å². The molecule has 2 unspecified atom stereocenters. The van der Waals surface area contributed by atoms with Gasteiger partial charge in [-0.15, -0.1) is 0 Å². The number of halogens is 1. The molecule has 29 heavy (non-hydrogen) atoms. The average molecular weight is 420 g/mol. The first-order valence-electron chi connectivity index (χ1n) is 8.76. The Labute approximate surface area is 169 Å². The van der Waals surface area contributed by atoms with Gasteiger partial charge in [-0.25, -0.2) is 14.8 Å². The van der Waals surface area contributed by atoms with Gasteiger partial charge in [0.2, 0.25) is 0 Å². The van der Waals surface area contributed by atoms with Crippen molar-refractivity contribution in [3.8, 4) is 5.75 Å². The molecule has 2 aromatic rings. The monoisotopic (exact) mass is 419 g/mol. The van der Waals surface area contributed by atoms with E-state index in [0.717, 1.165) is 0 Å². The third-order valence-electron chi connectivity index (χ3n) is 4.40. The Hall–Kier alpha value is -3.47. The number of hydrogen-bond donors (Lipinski definition) is 5. The zero-order valence-electron chi connectivity index (χ0n) is 15.1. The number of nitrogens with one attached hydrogen (secondary N) is 3. The van der Waals surface area contributed by atoms with Crippen LogP contribution in [0.3, 0.4) is 0 Å². The molecule has 0 aliphatic carbocycles. The maximum atomic E-state index is 12.4. The molecule has 1 fully saturated rings. The SMILES string of the molecule is NC1=NC(N)=C(Cl)NC1C(=O)NCc1nc2ccc(OC3CCOC3=O)cc2[nH]1. The van der Waals surface area contributed by atoms with Gasteiger partial charge < -0.3 is 36.6 Å². The maximum absolute atomic E-state index is 12.4. The van der Waals surface area contributed by atoms with Crippen LogP contribution in [0.5, 0.6) is 5.75 Å². The molecule has 1 amide bonds. The number of amides is 1. The zero-order chi connectivity index (χ0) is 20.5. The van der Waals surface area contributed by atoms with Crippen LogP contribution in [0.1, 0.15) is 12.2 Å². The summed E-state index contributed by atoms with van der Waals surface area (Å²) in [6.45, 7) is 0.485. The van der Waals surface area contributed by atoms with Crippen molar-refractivity contribution in [2.45, 2.75) is 25.1 Å². The predicted octanol–water partition coefficient (Wildman–Crippen LogP) is -0.473. The lowest BCUT2D eigenvalue weighted by Gasteiger charge is -2.22. The molecule has 11 nitrogen and oxygen atoms in total. The number of aromatic amines is 1. The van der Waals surface area contributed by atoms with E-state index in [9.17, 15) is 9.59 Å². The first-order chi connectivity index (χ1) is 13.9. The molecule has 0 saturated carbocycles. The number of hydrogen-bond acceptors (Lipinski definition) is 9. The number of benzene rings is 1. The van der Waals surface area contributed by atoms with Crippen molar-refractivity contribution >= 4 is 40.3 Å². The van der Waals surface area contributed by atoms with Gasteiger partial charge in [0, 0.05) is 12.5 Å². The summed E-state index contributed by atoms with van der Waals surface area (Å²) in [5, 5.41) is 5.45. The zero-order valence-corrected chi connectivity index (χ0v) is 15.8. The maximum Gasteiger partial charge on any atom is 0.347 e. The van der Waals surface area contributed by atoms with Crippen LogP contribution in [0.4, 0.5) is 0 Å². The van der Waals surface area contributed by atoms with Gasteiger partial charge in [-0.2, -0.15) is 0 Å². The van der Waals surface area contributed by atoms with Crippen molar-refractivity contribution in [2.24, 2.45) is 16.5 Å². The van der Waals surface area contributed by atoms with Crippen molar-refractivity contribution in [3.05, 3.63) is 35.0 Å². The number of aromatic nitrogens is 2. The topological polar surface area (TPSA) is 170 Å². The molecule has 2 aliphatic rings. The van der Waals surface area contributed by atoms with Gasteiger partial charge in [0.15, 0.2) is 18.0 Å². The van der Waals surface area contributed by atoms with E-state index in [1.54, 1.807) is 18.2 Å². The number of imidazole rings is 1. The lowest BCUT2D eigenvalue weighted by atomic mass is 10.2. The highest BCUT2D eigenvalue weighted by molar-refractivity contribution is 6.30. The molecule has 2 atom stereocenters. The molecule has 3 heterocycles. The highest BCUT2D eigenvalue weighted by Crippen LogP contribution is 2.22. The van der Waals surface area contributed by atoms with Crippen LogP contribution >= 0.6 is 11.6 Å². The van der Waals surface area contributed by atoms with Crippen LogP contribution in [0, 0.1) is 0 Å². The second kappa shape index (κ2) is 7.51. The number of esters is 1. The number of carbonyl (C=O) groups is 2. The second-order valence-corrected chi connectivity index (χ2v) is 6.83. The Morgan fingerprint density at radius 1 is 1.41 bits per heavy atom. The van der Waals surface area contributed by atoms with Gasteiger partial charge in [-0.3, -0.25) is 4.79 Å². The molecule has 1 aromatic carbocycles. The Bertz CT molecular complexity index is 1050. The summed E-state index contributed by atoms with van der Waals surface area (Å²) in [4.78, 5) is 35.3. The fourth-order valence-electron chi connectivity index (χ4n) is 2.95. The van der Waals surface area contributed by atoms with E-state index in [2.05, 4.69) is 25.6 Å². The fraction of sp³-hybridized carbons (Fsp3) is 0.294. The van der Waals surface area contributed by atoms with Gasteiger partial charge in [0.25, 0.3) is 5.91 Å². The molecule has 1 saturated heterocycles. The lowest BCUT2D eigenvalue weighted by molar-refractivity contribution is -0.143. The van der Waals surface area contributed by atoms with Gasteiger partial charge >= 0.3 is 5.97 Å². The molecule has 12 heteroatoms. The van der Waals surface area contributed by atoms with Crippen LogP contribution in [-0.2, 0) is 20.9 Å². The van der Waals surface area contributed by atoms with E-state index in [0.29, 0.717) is 35.6 Å². The Balaban J connectivity index is 1.40. The number of aliphatic imine (C=N–C) groups is 1. The first-order valence-corrected chi connectivity index (χ1v) is 9.14. The minimum atomic E-state index is -0.926. The number of ether oxygens (including phenoxy) is 2. The molecule has 7 N–H and O–H groups in total. The van der Waals surface area contributed by atoms with Crippen LogP contribution in [0.25, 0.3) is 11.0 Å². The minimum Gasteiger partial charge on any atom is -0.479 e. The van der Waals surface area contributed by atoms with E-state index < -0.39 is 18.1 Å². The number of carbonyl (C=O) groups excluding carboxylic acids is 2. The lowest BCUT2D eigenvalue weighted by Crippen LogP contribution is -2.53. The number of rotatable bonds is 5. The van der Waals surface area contributed by atoms with Crippen molar-refractivity contribution in [1.82, 2.24) is 20.6 Å². The first kappa shape index (κ1) is 18.9. The number of fused-ring (bicyclic) bond motifs is 1. The molecule has 0 radical (unpaired) electrons. The van der Waals surface area contributed by atoms with Crippen molar-refractivity contribution in [3.63, 3.8) is 0 Å². The molecule has 4 rings (SSSR count). The van der Waals surface area contributed by atoms with E-state index in [-0.39, 0.29) is 29.3 Å². The van der Waals surface area contributed by atoms with E-state index in [4.69, 9.17) is 32.5 Å². The number of H-pyrrole nitrogens is 1. The highest BCUT2D eigenvalue weighted by Gasteiger charge is 2.29. The number of cyclic esters (lactones) is 1. The van der Waals surface area contributed by atoms with Crippen molar-refractivity contribution < 1.29 is 19.1 Å². The van der Waals surface area contributed by atoms with Crippen LogP contribution in [0.15, 0.2) is 34.2 Å². The fourth-order valence-corrected chi connectivity index (χ4v) is 3.10. The Morgan fingerprint density at radius 2 is 2.24 bits per heavy atom. The van der Waals surface area contributed by atoms with Crippen LogP contribution in [-0.4, -0.2) is 46.4 Å². The second-order valence-electron chi connectivity index (χ2n) is 6.46. The van der Waals surface area contributed by atoms with Crippen LogP contribution < -0.4 is 26.8 Å². The summed E-state index contributed by atoms with van der Waals surface area (Å²) >= 11 is 5.87. The molecule has 2 aliphatic heterocycles. The minimum absolute atomic E-state index is 0.0150. The summed E-state index contributed by atoms with van der Waals surface area (Å²) in [5.41, 5.74) is 12.7. The summed E-state index contributed by atoms with van der Waals surface area (Å²) in [7, 11) is 0. The molecular weight excluding hydrogens is 402 g/mol. The summed E-state index contributed by atoms with van der Waals surface area (Å²) in [5.74, 6) is 0.291. The third kappa shape index (κ3) is 3.90. The van der Waals surface area contributed by atoms with Gasteiger partial charge in [-0.05, 0) is 12.1 Å². The summed E-state index contributed by atoms with van der Waals surface area (Å²) in [6, 6.07) is 4.29. The Kier molecular flexibility index (Phi) is 4.89. The highest BCUT2D eigenvalue weighted by atomic mass is 35.5. The van der Waals surface area contributed by atoms with Crippen LogP contribution in [0.2, 0.25) is 0 Å². The van der Waals surface area contributed by atoms with Gasteiger partial charge in [0.1, 0.15) is 22.6 Å². The Morgan fingerprint density at radius 3 is 3.00 bits per heavy atom. The van der Waals surface area contributed by atoms with E-state index in [1.165, 1.54) is 0 Å². The standard InChI is InChI=1S/C17H18ClN7O4/c18-13-15(20)25-14(19)12(24-13)16(26)21-6-11-22-8-2-1-7(5-9(8)23-11)29-10-3-4-28-17(10)27/h1-2,5,10,12,24H,3-4,6,20H2,(H2,19,25)(H,21,26)(H,22,23). The molecule has 0 spiro atoms. The number of amidine groups is 1. The summed E-state index contributed by atoms with van der Waals surface area (Å²) < 4.78 is 10.5. The molecular formula is C17H18ClN7O4. The normalized spacial score (nSPS) is 21.6. The molecule has 1 aromatic heterocycles. The average Bonchev–Trinajstić information content (AvgIpc) is 3.28. The largest absolute Gasteiger partial charge is 0.479 e. The van der Waals surface area contributed by atoms with Gasteiger partial charge in [-0.1, -0.05) is 11.6 Å². The van der Waals surface area contributed by atoms with Crippen molar-refractivity contribution in [1.29, 1.82) is 0 Å². The van der Waals surface area contributed by atoms with Crippen molar-refractivity contribution in [2.75, 3.05) is 6.61 Å². The van der Waals surface area contributed by atoms with E-state index >= 15 is 0 Å². The third-order valence-corrected chi connectivity index (χ3v) is 4.70. The predicted molar refractivity (Wildman–Crippen MR) is 104 cm³/mol. The quantitative estimate of drug-likeness (QED) is 0.319. The number of nitrogens with two attached hydrogens (primary N) is 2. The molecule has 0 bridgehead atoms. The summed E-state index contributed by atoms with van der Waals surface area (Å²) in [6.07, 6.45) is -0.0805. The smallest absolute Gasteiger partial charge is 0.347 e. The molecule has 152 valence electrons. The van der Waals surface area contributed by atoms with E-state index in [1.807, 2.05) is 0 Å².